The maximum Gasteiger partial charge on any atom is 0.177 e. The van der Waals surface area contributed by atoms with E-state index in [4.69, 9.17) is 0 Å². The molecule has 1 saturated heterocycles. The number of benzene rings is 2. The Morgan fingerprint density at radius 1 is 1.14 bits per heavy atom. The summed E-state index contributed by atoms with van der Waals surface area (Å²) in [6.07, 6.45) is 8.89. The molecule has 0 saturated carbocycles. The number of carbonyl (C=O) groups excluding carboxylic acids is 1. The van der Waals surface area contributed by atoms with E-state index in [0.717, 1.165) is 43.2 Å². The van der Waals surface area contributed by atoms with Crippen molar-refractivity contribution in [2.75, 3.05) is 32.4 Å². The number of nitrogens with one attached hydrogen (secondary N) is 1. The highest BCUT2D eigenvalue weighted by Gasteiger charge is 2.19. The summed E-state index contributed by atoms with van der Waals surface area (Å²) in [6, 6.07) is 12.4. The van der Waals surface area contributed by atoms with Crippen molar-refractivity contribution in [2.24, 2.45) is 4.99 Å². The minimum Gasteiger partial charge on any atom is -0.370 e. The summed E-state index contributed by atoms with van der Waals surface area (Å²) in [7, 11) is -3.47. The lowest BCUT2D eigenvalue weighted by molar-refractivity contribution is 0.111. The van der Waals surface area contributed by atoms with Crippen LogP contribution < -0.4 is 5.32 Å². The highest BCUT2D eigenvalue weighted by molar-refractivity contribution is 7.90. The summed E-state index contributed by atoms with van der Waals surface area (Å²) < 4.78 is 25.7. The molecule has 190 valence electrons. The number of aryl methyl sites for hydroxylation is 1. The Morgan fingerprint density at radius 2 is 1.86 bits per heavy atom. The van der Waals surface area contributed by atoms with Gasteiger partial charge in [-0.15, -0.1) is 0 Å². The van der Waals surface area contributed by atoms with E-state index in [1.165, 1.54) is 16.8 Å². The second-order valence-electron chi connectivity index (χ2n) is 8.48. The van der Waals surface area contributed by atoms with E-state index in [1.54, 1.807) is 31.3 Å². The first-order valence-corrected chi connectivity index (χ1v) is 13.7. The third-order valence-electron chi connectivity index (χ3n) is 5.79. The van der Waals surface area contributed by atoms with Gasteiger partial charge < -0.3 is 10.2 Å². The molecule has 0 bridgehead atoms. The predicted molar refractivity (Wildman–Crippen MR) is 146 cm³/mol. The number of hydrogen-bond donors (Lipinski definition) is 1. The van der Waals surface area contributed by atoms with Crippen LogP contribution in [0.3, 0.4) is 0 Å². The maximum absolute atomic E-state index is 12.1. The number of aliphatic imine (C=N–C) groups is 1. The van der Waals surface area contributed by atoms with Crippen LogP contribution >= 0.6 is 0 Å². The van der Waals surface area contributed by atoms with Gasteiger partial charge in [-0.1, -0.05) is 30.3 Å². The van der Waals surface area contributed by atoms with Gasteiger partial charge in [-0.05, 0) is 68.6 Å². The molecular weight excluding hydrogens is 474 g/mol. The molecule has 0 amide bonds. The number of aldehydes is 1. The molecule has 9 heteroatoms. The van der Waals surface area contributed by atoms with E-state index in [-0.39, 0.29) is 4.90 Å². The smallest absolute Gasteiger partial charge is 0.177 e. The molecule has 2 heterocycles. The zero-order valence-corrected chi connectivity index (χ0v) is 21.8. The lowest BCUT2D eigenvalue weighted by Gasteiger charge is -2.22. The van der Waals surface area contributed by atoms with Crippen molar-refractivity contribution in [1.82, 2.24) is 20.0 Å². The largest absolute Gasteiger partial charge is 0.370 e. The number of allylic oxidation sites excluding steroid dienone is 2. The van der Waals surface area contributed by atoms with E-state index in [1.807, 2.05) is 30.3 Å². The van der Waals surface area contributed by atoms with Crippen LogP contribution in [-0.4, -0.2) is 68.5 Å². The third kappa shape index (κ3) is 6.77. The monoisotopic (exact) mass is 507 g/mol. The van der Waals surface area contributed by atoms with Crippen LogP contribution in [0, 0.1) is 6.92 Å². The maximum atomic E-state index is 12.1. The van der Waals surface area contributed by atoms with Crippen LogP contribution in [0.15, 0.2) is 76.4 Å². The molecule has 3 aromatic rings. The average molecular weight is 508 g/mol. The summed E-state index contributed by atoms with van der Waals surface area (Å²) in [5, 5.41) is 9.34. The van der Waals surface area contributed by atoms with Crippen molar-refractivity contribution in [2.45, 2.75) is 25.2 Å². The van der Waals surface area contributed by atoms with Gasteiger partial charge in [0.15, 0.2) is 16.1 Å². The van der Waals surface area contributed by atoms with Crippen LogP contribution in [0.2, 0.25) is 0 Å². The fraction of sp³-hybridized carbons (Fsp3) is 0.296. The van der Waals surface area contributed by atoms with Crippen LogP contribution in [0.1, 0.15) is 29.5 Å². The summed E-state index contributed by atoms with van der Waals surface area (Å²) in [5.74, 6) is 0. The topological polar surface area (TPSA) is 96.7 Å². The Morgan fingerprint density at radius 3 is 2.50 bits per heavy atom. The molecule has 8 nitrogen and oxygen atoms in total. The summed E-state index contributed by atoms with van der Waals surface area (Å²) in [4.78, 5) is 17.5. The second-order valence-corrected chi connectivity index (χ2v) is 10.5. The highest BCUT2D eigenvalue weighted by atomic mass is 32.2. The van der Waals surface area contributed by atoms with E-state index in [0.29, 0.717) is 23.4 Å². The number of hydrogen-bond acceptors (Lipinski definition) is 7. The molecule has 0 spiro atoms. The Balaban J connectivity index is 0.000000223. The van der Waals surface area contributed by atoms with Crippen molar-refractivity contribution in [3.8, 4) is 5.69 Å². The quantitative estimate of drug-likeness (QED) is 0.308. The van der Waals surface area contributed by atoms with Gasteiger partial charge in [-0.3, -0.25) is 9.79 Å². The fourth-order valence-corrected chi connectivity index (χ4v) is 4.95. The van der Waals surface area contributed by atoms with Gasteiger partial charge in [0, 0.05) is 37.8 Å². The number of nitrogens with zero attached hydrogens (tertiary/aromatic N) is 4. The third-order valence-corrected chi connectivity index (χ3v) is 6.91. The zero-order chi connectivity index (χ0) is 26.1. The molecule has 0 unspecified atom stereocenters. The van der Waals surface area contributed by atoms with Crippen LogP contribution in [-0.2, 0) is 9.84 Å². The highest BCUT2D eigenvalue weighted by Crippen LogP contribution is 2.27. The molecule has 2 aromatic carbocycles. The number of fused-ring (bicyclic) bond motifs is 1. The van der Waals surface area contributed by atoms with Gasteiger partial charge >= 0.3 is 0 Å². The molecule has 0 aliphatic carbocycles. The van der Waals surface area contributed by atoms with E-state index < -0.39 is 9.84 Å². The van der Waals surface area contributed by atoms with Crippen LogP contribution in [0.4, 0.5) is 0 Å². The van der Waals surface area contributed by atoms with Crippen LogP contribution in [0.5, 0.6) is 0 Å². The van der Waals surface area contributed by atoms with Gasteiger partial charge in [0.25, 0.3) is 0 Å². The molecule has 1 fully saturated rings. The predicted octanol–water partition coefficient (Wildman–Crippen LogP) is 3.95. The molecule has 1 aliphatic rings. The molecule has 1 aliphatic heterocycles. The first kappa shape index (κ1) is 27.0. The molecule has 0 radical (unpaired) electrons. The van der Waals surface area contributed by atoms with Gasteiger partial charge in [0.1, 0.15) is 5.69 Å². The van der Waals surface area contributed by atoms with Crippen molar-refractivity contribution < 1.29 is 13.2 Å². The molecular formula is C27H33N5O3S. The number of carbonyl (C=O) groups is 1. The van der Waals surface area contributed by atoms with Crippen molar-refractivity contribution in [3.05, 3.63) is 77.9 Å². The standard InChI is InChI=1S/C16H14N2O3S.C11H19N3/c1-11-7-14(10-19)18(17-11)15-8-12-5-3-4-6-13(12)9-16(15)22(2,20)21;1-3-11(5-7-12-2)14-9-4-6-13-8-10-14/h3-10H,1-2H3;3,5,7,13H,2,4,6,8-10H2,1H3/b;7-5-,11-3+. The molecule has 36 heavy (non-hydrogen) atoms. The number of rotatable bonds is 6. The SMILES string of the molecule is C=N/C=C\C(=C/C)N1CCCNCC1.Cc1cc(C=O)n(-c2cc3ccccc3cc2S(C)(=O)=O)n1. The van der Waals surface area contributed by atoms with Crippen molar-refractivity contribution in [3.63, 3.8) is 0 Å². The first-order chi connectivity index (χ1) is 17.3. The molecule has 0 atom stereocenters. The molecule has 4 rings (SSSR count). The summed E-state index contributed by atoms with van der Waals surface area (Å²) in [6.45, 7) is 11.6. The van der Waals surface area contributed by atoms with E-state index in [9.17, 15) is 13.2 Å². The van der Waals surface area contributed by atoms with Crippen molar-refractivity contribution >= 4 is 33.6 Å². The minimum atomic E-state index is -3.47. The summed E-state index contributed by atoms with van der Waals surface area (Å²) in [5.41, 5.74) is 2.59. The Kier molecular flexibility index (Phi) is 9.32. The normalized spacial score (nSPS) is 14.9. The number of aromatic nitrogens is 2. The Hall–Kier alpha value is -3.56. The fourth-order valence-electron chi connectivity index (χ4n) is 4.08. The van der Waals surface area contributed by atoms with E-state index in [2.05, 4.69) is 40.0 Å². The van der Waals surface area contributed by atoms with Gasteiger partial charge in [0.2, 0.25) is 0 Å². The molecule has 1 N–H and O–H groups in total. The molecule has 1 aromatic heterocycles. The Bertz CT molecular complexity index is 1380. The van der Waals surface area contributed by atoms with Gasteiger partial charge in [-0.2, -0.15) is 5.10 Å². The first-order valence-electron chi connectivity index (χ1n) is 11.8. The zero-order valence-electron chi connectivity index (χ0n) is 21.0. The number of sulfone groups is 1. The van der Waals surface area contributed by atoms with E-state index >= 15 is 0 Å². The van der Waals surface area contributed by atoms with Crippen molar-refractivity contribution in [1.29, 1.82) is 0 Å². The average Bonchev–Trinajstić information content (AvgIpc) is 3.05. The minimum absolute atomic E-state index is 0.150. The van der Waals surface area contributed by atoms with Gasteiger partial charge in [-0.25, -0.2) is 13.1 Å². The summed E-state index contributed by atoms with van der Waals surface area (Å²) >= 11 is 0. The van der Waals surface area contributed by atoms with Gasteiger partial charge in [0.05, 0.1) is 16.3 Å². The lowest BCUT2D eigenvalue weighted by atomic mass is 10.1. The van der Waals surface area contributed by atoms with Crippen LogP contribution in [0.25, 0.3) is 16.5 Å². The second kappa shape index (κ2) is 12.4. The Labute approximate surface area is 212 Å². The lowest BCUT2D eigenvalue weighted by Crippen LogP contribution is -2.26.